The SMILES string of the molecule is C=CC(=C)C.COc1ccc(C=CC(=O)O)cc1. The van der Waals surface area contributed by atoms with Gasteiger partial charge >= 0.3 is 5.97 Å². The van der Waals surface area contributed by atoms with Gasteiger partial charge in [-0.25, -0.2) is 4.79 Å². The molecule has 1 rings (SSSR count). The quantitative estimate of drug-likeness (QED) is 0.653. The summed E-state index contributed by atoms with van der Waals surface area (Å²) in [6, 6.07) is 7.14. The molecule has 3 nitrogen and oxygen atoms in total. The number of allylic oxidation sites excluding steroid dienone is 2. The minimum absolute atomic E-state index is 0.757. The van der Waals surface area contributed by atoms with Gasteiger partial charge in [0.1, 0.15) is 5.75 Å². The summed E-state index contributed by atoms with van der Waals surface area (Å²) < 4.78 is 4.95. The minimum atomic E-state index is -0.948. The second-order valence-corrected chi connectivity index (χ2v) is 3.50. The molecule has 0 aliphatic carbocycles. The van der Waals surface area contributed by atoms with Gasteiger partial charge in [-0.3, -0.25) is 0 Å². The summed E-state index contributed by atoms with van der Waals surface area (Å²) in [6.45, 7) is 8.93. The second-order valence-electron chi connectivity index (χ2n) is 3.50. The molecule has 0 saturated heterocycles. The van der Waals surface area contributed by atoms with E-state index >= 15 is 0 Å². The molecule has 0 unspecified atom stereocenters. The lowest BCUT2D eigenvalue weighted by Gasteiger charge is -1.98. The molecule has 1 aromatic rings. The molecule has 96 valence electrons. The summed E-state index contributed by atoms with van der Waals surface area (Å²) >= 11 is 0. The summed E-state index contributed by atoms with van der Waals surface area (Å²) in [4.78, 5) is 10.2. The summed E-state index contributed by atoms with van der Waals surface area (Å²) in [7, 11) is 1.59. The molecule has 0 atom stereocenters. The largest absolute Gasteiger partial charge is 0.497 e. The van der Waals surface area contributed by atoms with Crippen molar-refractivity contribution in [3.05, 3.63) is 60.7 Å². The van der Waals surface area contributed by atoms with E-state index < -0.39 is 5.97 Å². The third-order valence-electron chi connectivity index (χ3n) is 1.88. The van der Waals surface area contributed by atoms with Crippen LogP contribution in [0.15, 0.2) is 55.1 Å². The predicted octanol–water partition coefficient (Wildman–Crippen LogP) is 3.54. The molecule has 0 aliphatic heterocycles. The van der Waals surface area contributed by atoms with E-state index in [-0.39, 0.29) is 0 Å². The minimum Gasteiger partial charge on any atom is -0.497 e. The Hall–Kier alpha value is -2.29. The molecule has 0 aliphatic rings. The highest BCUT2D eigenvalue weighted by Gasteiger charge is 1.91. The van der Waals surface area contributed by atoms with Crippen LogP contribution in [0.2, 0.25) is 0 Å². The summed E-state index contributed by atoms with van der Waals surface area (Å²) in [5, 5.41) is 8.36. The van der Waals surface area contributed by atoms with Crippen molar-refractivity contribution >= 4 is 12.0 Å². The maximum Gasteiger partial charge on any atom is 0.328 e. The zero-order chi connectivity index (χ0) is 14.0. The molecule has 0 radical (unpaired) electrons. The lowest BCUT2D eigenvalue weighted by atomic mass is 10.2. The van der Waals surface area contributed by atoms with Crippen LogP contribution in [0.4, 0.5) is 0 Å². The molecule has 0 spiro atoms. The maximum atomic E-state index is 10.2. The molecule has 0 aromatic heterocycles. The van der Waals surface area contributed by atoms with Crippen LogP contribution in [0.3, 0.4) is 0 Å². The average molecular weight is 246 g/mol. The van der Waals surface area contributed by atoms with E-state index in [1.54, 1.807) is 37.5 Å². The van der Waals surface area contributed by atoms with Crippen molar-refractivity contribution in [3.8, 4) is 5.75 Å². The fraction of sp³-hybridized carbons (Fsp3) is 0.133. The fourth-order valence-electron chi connectivity index (χ4n) is 0.883. The van der Waals surface area contributed by atoms with Gasteiger partial charge in [0.15, 0.2) is 0 Å². The number of aliphatic carboxylic acids is 1. The first-order valence-corrected chi connectivity index (χ1v) is 5.32. The molecule has 0 amide bonds. The number of carboxylic acid groups (broad SMARTS) is 1. The topological polar surface area (TPSA) is 46.5 Å². The van der Waals surface area contributed by atoms with E-state index in [1.807, 2.05) is 6.92 Å². The first-order valence-electron chi connectivity index (χ1n) is 5.32. The van der Waals surface area contributed by atoms with Crippen molar-refractivity contribution < 1.29 is 14.6 Å². The van der Waals surface area contributed by atoms with Crippen LogP contribution in [0, 0.1) is 0 Å². The van der Waals surface area contributed by atoms with Crippen LogP contribution < -0.4 is 4.74 Å². The van der Waals surface area contributed by atoms with Crippen LogP contribution in [-0.2, 0) is 4.79 Å². The third-order valence-corrected chi connectivity index (χ3v) is 1.88. The van der Waals surface area contributed by atoms with E-state index in [9.17, 15) is 4.79 Å². The Balaban J connectivity index is 0.000000494. The van der Waals surface area contributed by atoms with Crippen LogP contribution in [-0.4, -0.2) is 18.2 Å². The van der Waals surface area contributed by atoms with Crippen molar-refractivity contribution in [2.75, 3.05) is 7.11 Å². The highest BCUT2D eigenvalue weighted by molar-refractivity contribution is 5.85. The van der Waals surface area contributed by atoms with Gasteiger partial charge in [0.25, 0.3) is 0 Å². The van der Waals surface area contributed by atoms with Gasteiger partial charge in [0.2, 0.25) is 0 Å². The Kier molecular flexibility index (Phi) is 7.69. The van der Waals surface area contributed by atoms with Crippen LogP contribution >= 0.6 is 0 Å². The Morgan fingerprint density at radius 3 is 2.17 bits per heavy atom. The van der Waals surface area contributed by atoms with Crippen LogP contribution in [0.1, 0.15) is 12.5 Å². The number of hydrogen-bond acceptors (Lipinski definition) is 2. The van der Waals surface area contributed by atoms with Crippen molar-refractivity contribution in [2.45, 2.75) is 6.92 Å². The molecule has 1 N–H and O–H groups in total. The number of carboxylic acids is 1. The molecule has 3 heteroatoms. The lowest BCUT2D eigenvalue weighted by molar-refractivity contribution is -0.131. The number of methoxy groups -OCH3 is 1. The molecule has 0 fully saturated rings. The molecule has 0 bridgehead atoms. The Morgan fingerprint density at radius 1 is 1.33 bits per heavy atom. The van der Waals surface area contributed by atoms with Gasteiger partial charge in [0, 0.05) is 6.08 Å². The summed E-state index contributed by atoms with van der Waals surface area (Å²) in [6.07, 6.45) is 4.35. The smallest absolute Gasteiger partial charge is 0.328 e. The number of ether oxygens (including phenoxy) is 1. The zero-order valence-corrected chi connectivity index (χ0v) is 10.7. The first kappa shape index (κ1) is 15.7. The molecule has 18 heavy (non-hydrogen) atoms. The third kappa shape index (κ3) is 7.93. The molecule has 0 heterocycles. The standard InChI is InChI=1S/C10H10O3.C5H8/c1-13-9-5-2-8(3-6-9)4-7-10(11)12;1-4-5(2)3/h2-7H,1H3,(H,11,12);4H,1-2H2,3H3. The lowest BCUT2D eigenvalue weighted by Crippen LogP contribution is -1.86. The van der Waals surface area contributed by atoms with E-state index in [0.29, 0.717) is 0 Å². The Morgan fingerprint density at radius 2 is 1.83 bits per heavy atom. The molecule has 0 saturated carbocycles. The van der Waals surface area contributed by atoms with Crippen molar-refractivity contribution in [3.63, 3.8) is 0 Å². The molecule has 1 aromatic carbocycles. The van der Waals surface area contributed by atoms with Gasteiger partial charge in [-0.1, -0.05) is 36.9 Å². The first-order chi connectivity index (χ1) is 8.49. The maximum absolute atomic E-state index is 10.2. The van der Waals surface area contributed by atoms with E-state index in [4.69, 9.17) is 9.84 Å². The predicted molar refractivity (Wildman–Crippen MR) is 74.7 cm³/mol. The van der Waals surface area contributed by atoms with Gasteiger partial charge in [-0.15, -0.1) is 0 Å². The Bertz CT molecular complexity index is 428. The van der Waals surface area contributed by atoms with E-state index in [2.05, 4.69) is 13.2 Å². The van der Waals surface area contributed by atoms with Gasteiger partial charge in [-0.2, -0.15) is 0 Å². The normalized spacial score (nSPS) is 9.22. The number of carbonyl (C=O) groups is 1. The highest BCUT2D eigenvalue weighted by Crippen LogP contribution is 2.11. The summed E-state index contributed by atoms with van der Waals surface area (Å²) in [5.41, 5.74) is 1.85. The Labute approximate surface area is 108 Å². The van der Waals surface area contributed by atoms with Crippen molar-refractivity contribution in [2.24, 2.45) is 0 Å². The van der Waals surface area contributed by atoms with E-state index in [0.717, 1.165) is 23.0 Å². The van der Waals surface area contributed by atoms with Gasteiger partial charge in [-0.05, 0) is 30.7 Å². The summed E-state index contributed by atoms with van der Waals surface area (Å²) in [5.74, 6) is -0.191. The average Bonchev–Trinajstić information content (AvgIpc) is 2.37. The van der Waals surface area contributed by atoms with Crippen molar-refractivity contribution in [1.82, 2.24) is 0 Å². The highest BCUT2D eigenvalue weighted by atomic mass is 16.5. The zero-order valence-electron chi connectivity index (χ0n) is 10.7. The van der Waals surface area contributed by atoms with E-state index in [1.165, 1.54) is 6.08 Å². The van der Waals surface area contributed by atoms with Crippen molar-refractivity contribution in [1.29, 1.82) is 0 Å². The number of rotatable bonds is 4. The molecular formula is C15H18O3. The molecular weight excluding hydrogens is 228 g/mol. The van der Waals surface area contributed by atoms with Crippen LogP contribution in [0.5, 0.6) is 5.75 Å². The number of benzene rings is 1. The fourth-order valence-corrected chi connectivity index (χ4v) is 0.883. The van der Waals surface area contributed by atoms with Gasteiger partial charge in [0.05, 0.1) is 7.11 Å². The van der Waals surface area contributed by atoms with Crippen LogP contribution in [0.25, 0.3) is 6.08 Å². The monoisotopic (exact) mass is 246 g/mol. The van der Waals surface area contributed by atoms with Gasteiger partial charge < -0.3 is 9.84 Å². The number of hydrogen-bond donors (Lipinski definition) is 1. The second kappa shape index (κ2) is 8.82.